The van der Waals surface area contributed by atoms with Crippen LogP contribution in [-0.4, -0.2) is 36.6 Å². The molecule has 1 aromatic carbocycles. The lowest BCUT2D eigenvalue weighted by atomic mass is 10.2. The molecule has 1 amide bonds. The fraction of sp³-hybridized carbons (Fsp3) is 0.429. The molecule has 2 aromatic rings. The molecule has 5 nitrogen and oxygen atoms in total. The molecule has 0 bridgehead atoms. The molecule has 8 heteroatoms. The van der Waals surface area contributed by atoms with E-state index in [1.165, 1.54) is 6.07 Å². The van der Waals surface area contributed by atoms with E-state index in [1.807, 2.05) is 4.90 Å². The summed E-state index contributed by atoms with van der Waals surface area (Å²) in [6, 6.07) is 9.30. The fourth-order valence-corrected chi connectivity index (χ4v) is 3.13. The number of carbonyl (C=O) groups excluding carboxylic acids is 1. The smallest absolute Gasteiger partial charge is 0.417 e. The molecule has 1 unspecified atom stereocenters. The van der Waals surface area contributed by atoms with Crippen LogP contribution < -0.4 is 15.0 Å². The highest BCUT2D eigenvalue weighted by atomic mass is 19.4. The number of nitrogens with one attached hydrogen (secondary N) is 1. The summed E-state index contributed by atoms with van der Waals surface area (Å²) in [5.41, 5.74) is -0.230. The zero-order valence-corrected chi connectivity index (χ0v) is 16.2. The highest BCUT2D eigenvalue weighted by molar-refractivity contribution is 5.94. The van der Waals surface area contributed by atoms with Gasteiger partial charge in [0.2, 0.25) is 0 Å². The number of hydrogen-bond acceptors (Lipinski definition) is 4. The number of hydrogen-bond donors (Lipinski definition) is 1. The predicted octanol–water partition coefficient (Wildman–Crippen LogP) is 4.29. The van der Waals surface area contributed by atoms with Crippen molar-refractivity contribution in [3.63, 3.8) is 0 Å². The first-order chi connectivity index (χ1) is 13.9. The third kappa shape index (κ3) is 5.62. The number of pyridine rings is 1. The maximum Gasteiger partial charge on any atom is 0.417 e. The standard InChI is InChI=1S/C21H24F3N3O2/c1-2-3-12-29-18-7-4-15(5-8-18)20(28)26-17-10-11-27(14-17)19-9-6-16(13-25-19)21(22,23)24/h4-9,13,17H,2-3,10-12,14H2,1H3,(H,26,28). The minimum absolute atomic E-state index is 0.0907. The summed E-state index contributed by atoms with van der Waals surface area (Å²) in [7, 11) is 0. The van der Waals surface area contributed by atoms with E-state index in [2.05, 4.69) is 17.2 Å². The van der Waals surface area contributed by atoms with Gasteiger partial charge in [0.15, 0.2) is 0 Å². The van der Waals surface area contributed by atoms with Gasteiger partial charge in [0.05, 0.1) is 12.2 Å². The lowest BCUT2D eigenvalue weighted by molar-refractivity contribution is -0.137. The molecule has 2 heterocycles. The van der Waals surface area contributed by atoms with Gasteiger partial charge >= 0.3 is 6.18 Å². The van der Waals surface area contributed by atoms with Crippen LogP contribution in [0, 0.1) is 0 Å². The van der Waals surface area contributed by atoms with Crippen molar-refractivity contribution in [2.24, 2.45) is 0 Å². The molecule has 1 aromatic heterocycles. The van der Waals surface area contributed by atoms with E-state index in [0.29, 0.717) is 37.5 Å². The Kier molecular flexibility index (Phi) is 6.61. The second kappa shape index (κ2) is 9.15. The molecular formula is C21H24F3N3O2. The monoisotopic (exact) mass is 407 g/mol. The summed E-state index contributed by atoms with van der Waals surface area (Å²) in [5, 5.41) is 2.97. The highest BCUT2D eigenvalue weighted by Gasteiger charge is 2.31. The number of aromatic nitrogens is 1. The topological polar surface area (TPSA) is 54.5 Å². The molecule has 156 valence electrons. The second-order valence-corrected chi connectivity index (χ2v) is 7.03. The zero-order chi connectivity index (χ0) is 20.9. The lowest BCUT2D eigenvalue weighted by Crippen LogP contribution is -2.37. The molecule has 0 radical (unpaired) electrons. The SMILES string of the molecule is CCCCOc1ccc(C(=O)NC2CCN(c3ccc(C(F)(F)F)cn3)C2)cc1. The molecule has 0 saturated carbocycles. The van der Waals surface area contributed by atoms with E-state index < -0.39 is 11.7 Å². The number of benzene rings is 1. The van der Waals surface area contributed by atoms with Gasteiger partial charge < -0.3 is 15.0 Å². The molecule has 1 aliphatic heterocycles. The summed E-state index contributed by atoms with van der Waals surface area (Å²) in [5.74, 6) is 1.02. The van der Waals surface area contributed by atoms with Gasteiger partial charge in [-0.25, -0.2) is 4.98 Å². The number of anilines is 1. The molecule has 1 N–H and O–H groups in total. The largest absolute Gasteiger partial charge is 0.494 e. The van der Waals surface area contributed by atoms with Crippen LogP contribution in [0.5, 0.6) is 5.75 Å². The molecule has 0 spiro atoms. The number of unbranched alkanes of at least 4 members (excludes halogenated alkanes) is 1. The Hall–Kier alpha value is -2.77. The third-order valence-corrected chi connectivity index (χ3v) is 4.81. The Morgan fingerprint density at radius 3 is 2.62 bits per heavy atom. The van der Waals surface area contributed by atoms with Crippen LogP contribution in [0.3, 0.4) is 0 Å². The van der Waals surface area contributed by atoms with Gasteiger partial charge in [-0.15, -0.1) is 0 Å². The third-order valence-electron chi connectivity index (χ3n) is 4.81. The van der Waals surface area contributed by atoms with Crippen LogP contribution in [0.2, 0.25) is 0 Å². The van der Waals surface area contributed by atoms with Crippen LogP contribution in [0.15, 0.2) is 42.6 Å². The van der Waals surface area contributed by atoms with E-state index >= 15 is 0 Å². The molecule has 0 aliphatic carbocycles. The van der Waals surface area contributed by atoms with E-state index in [9.17, 15) is 18.0 Å². The van der Waals surface area contributed by atoms with Crippen molar-refractivity contribution in [1.29, 1.82) is 0 Å². The van der Waals surface area contributed by atoms with Crippen molar-refractivity contribution in [3.05, 3.63) is 53.7 Å². The van der Waals surface area contributed by atoms with Crippen molar-refractivity contribution in [3.8, 4) is 5.75 Å². The lowest BCUT2D eigenvalue weighted by Gasteiger charge is -2.18. The van der Waals surface area contributed by atoms with Gasteiger partial charge in [-0.2, -0.15) is 13.2 Å². The van der Waals surface area contributed by atoms with E-state index in [1.54, 1.807) is 24.3 Å². The van der Waals surface area contributed by atoms with Crippen molar-refractivity contribution in [2.75, 3.05) is 24.6 Å². The number of carbonyl (C=O) groups is 1. The number of nitrogens with zero attached hydrogens (tertiary/aromatic N) is 2. The van der Waals surface area contributed by atoms with Crippen molar-refractivity contribution in [2.45, 2.75) is 38.4 Å². The van der Waals surface area contributed by atoms with Crippen LogP contribution in [-0.2, 0) is 6.18 Å². The summed E-state index contributed by atoms with van der Waals surface area (Å²) in [6.45, 7) is 3.86. The average molecular weight is 407 g/mol. The summed E-state index contributed by atoms with van der Waals surface area (Å²) in [6.07, 6.45) is -0.823. The minimum atomic E-state index is -4.40. The first kappa shape index (κ1) is 21.0. The predicted molar refractivity (Wildman–Crippen MR) is 104 cm³/mol. The number of alkyl halides is 3. The summed E-state index contributed by atoms with van der Waals surface area (Å²) < 4.78 is 43.6. The summed E-state index contributed by atoms with van der Waals surface area (Å²) >= 11 is 0. The molecule has 1 aliphatic rings. The van der Waals surface area contributed by atoms with E-state index in [0.717, 1.165) is 30.9 Å². The number of rotatable bonds is 7. The van der Waals surface area contributed by atoms with E-state index in [4.69, 9.17) is 4.74 Å². The highest BCUT2D eigenvalue weighted by Crippen LogP contribution is 2.30. The zero-order valence-electron chi connectivity index (χ0n) is 16.2. The Labute approximate surface area is 167 Å². The maximum absolute atomic E-state index is 12.7. The molecular weight excluding hydrogens is 383 g/mol. The Bertz CT molecular complexity index is 807. The average Bonchev–Trinajstić information content (AvgIpc) is 3.16. The second-order valence-electron chi connectivity index (χ2n) is 7.03. The van der Waals surface area contributed by atoms with Crippen LogP contribution >= 0.6 is 0 Å². The fourth-order valence-electron chi connectivity index (χ4n) is 3.13. The van der Waals surface area contributed by atoms with Gasteiger partial charge in [-0.1, -0.05) is 13.3 Å². The number of ether oxygens (including phenoxy) is 1. The minimum Gasteiger partial charge on any atom is -0.494 e. The van der Waals surface area contributed by atoms with Gasteiger partial charge in [-0.3, -0.25) is 4.79 Å². The van der Waals surface area contributed by atoms with Crippen LogP contribution in [0.25, 0.3) is 0 Å². The molecule has 1 fully saturated rings. The Morgan fingerprint density at radius 2 is 2.00 bits per heavy atom. The number of halogens is 3. The Balaban J connectivity index is 1.52. The Morgan fingerprint density at radius 1 is 1.24 bits per heavy atom. The molecule has 1 atom stereocenters. The normalized spacial score (nSPS) is 16.7. The van der Waals surface area contributed by atoms with E-state index in [-0.39, 0.29) is 11.9 Å². The van der Waals surface area contributed by atoms with Gasteiger partial charge in [0.1, 0.15) is 11.6 Å². The first-order valence-corrected chi connectivity index (χ1v) is 9.68. The quantitative estimate of drug-likeness (QED) is 0.696. The summed E-state index contributed by atoms with van der Waals surface area (Å²) in [4.78, 5) is 18.2. The van der Waals surface area contributed by atoms with Crippen molar-refractivity contribution < 1.29 is 22.7 Å². The number of amides is 1. The first-order valence-electron chi connectivity index (χ1n) is 9.68. The molecule has 1 saturated heterocycles. The van der Waals surface area contributed by atoms with Gasteiger partial charge in [0.25, 0.3) is 5.91 Å². The molecule has 29 heavy (non-hydrogen) atoms. The molecule has 3 rings (SSSR count). The van der Waals surface area contributed by atoms with Crippen LogP contribution in [0.4, 0.5) is 19.0 Å². The maximum atomic E-state index is 12.7. The van der Waals surface area contributed by atoms with Crippen LogP contribution in [0.1, 0.15) is 42.1 Å². The van der Waals surface area contributed by atoms with Crippen molar-refractivity contribution in [1.82, 2.24) is 10.3 Å². The van der Waals surface area contributed by atoms with Crippen molar-refractivity contribution >= 4 is 11.7 Å². The van der Waals surface area contributed by atoms with Gasteiger partial charge in [-0.05, 0) is 49.2 Å². The van der Waals surface area contributed by atoms with Gasteiger partial charge in [0, 0.05) is 30.9 Å².